The smallest absolute Gasteiger partial charge is 0.134 e. The van der Waals surface area contributed by atoms with Gasteiger partial charge in [0.05, 0.1) is 16.8 Å². The first kappa shape index (κ1) is 13.2. The quantitative estimate of drug-likeness (QED) is 0.826. The second kappa shape index (κ2) is 6.60. The highest BCUT2D eigenvalue weighted by Gasteiger charge is 2.24. The van der Waals surface area contributed by atoms with E-state index in [9.17, 15) is 0 Å². The van der Waals surface area contributed by atoms with Gasteiger partial charge in [-0.25, -0.2) is 0 Å². The summed E-state index contributed by atoms with van der Waals surface area (Å²) < 4.78 is 6.73. The van der Waals surface area contributed by atoms with Crippen LogP contribution >= 0.6 is 15.9 Å². The fourth-order valence-electron chi connectivity index (χ4n) is 2.74. The lowest BCUT2D eigenvalue weighted by Gasteiger charge is -2.20. The van der Waals surface area contributed by atoms with Gasteiger partial charge in [-0.3, -0.25) is 0 Å². The predicted octanol–water partition coefficient (Wildman–Crippen LogP) is 4.66. The van der Waals surface area contributed by atoms with E-state index in [1.807, 2.05) is 6.07 Å². The maximum absolute atomic E-state index is 5.62. The van der Waals surface area contributed by atoms with Crippen LogP contribution in [0.25, 0.3) is 0 Å². The van der Waals surface area contributed by atoms with Crippen LogP contribution in [0.15, 0.2) is 21.2 Å². The van der Waals surface area contributed by atoms with E-state index in [0.29, 0.717) is 6.04 Å². The topological polar surface area (TPSA) is 25.2 Å². The molecule has 0 spiro atoms. The molecule has 1 fully saturated rings. The van der Waals surface area contributed by atoms with Gasteiger partial charge in [0.25, 0.3) is 0 Å². The summed E-state index contributed by atoms with van der Waals surface area (Å²) in [6, 6.07) is 2.37. The highest BCUT2D eigenvalue weighted by atomic mass is 79.9. The van der Waals surface area contributed by atoms with Gasteiger partial charge in [0.1, 0.15) is 5.76 Å². The lowest BCUT2D eigenvalue weighted by Crippen LogP contribution is -2.24. The van der Waals surface area contributed by atoms with Crippen LogP contribution in [0.3, 0.4) is 0 Å². The van der Waals surface area contributed by atoms with E-state index in [1.54, 1.807) is 6.26 Å². The second-order valence-corrected chi connectivity index (χ2v) is 5.88. The molecule has 1 aliphatic carbocycles. The molecule has 1 aromatic heterocycles. The van der Waals surface area contributed by atoms with Crippen molar-refractivity contribution in [3.05, 3.63) is 22.6 Å². The van der Waals surface area contributed by atoms with Gasteiger partial charge in [0, 0.05) is 0 Å². The van der Waals surface area contributed by atoms with Crippen LogP contribution in [-0.4, -0.2) is 6.54 Å². The SMILES string of the molecule is CCCNC(CC1CCCC1)c1occc1Br. The van der Waals surface area contributed by atoms with Crippen molar-refractivity contribution in [2.24, 2.45) is 5.92 Å². The maximum atomic E-state index is 5.62. The van der Waals surface area contributed by atoms with Crippen LogP contribution < -0.4 is 5.32 Å². The summed E-state index contributed by atoms with van der Waals surface area (Å²) in [6.45, 7) is 3.27. The number of rotatable bonds is 6. The van der Waals surface area contributed by atoms with Crippen molar-refractivity contribution in [2.75, 3.05) is 6.54 Å². The molecule has 17 heavy (non-hydrogen) atoms. The Hall–Kier alpha value is -0.280. The minimum atomic E-state index is 0.377. The van der Waals surface area contributed by atoms with Crippen molar-refractivity contribution in [1.29, 1.82) is 0 Å². The number of nitrogens with one attached hydrogen (secondary N) is 1. The Morgan fingerprint density at radius 3 is 2.82 bits per heavy atom. The van der Waals surface area contributed by atoms with Gasteiger partial charge in [-0.15, -0.1) is 0 Å². The summed E-state index contributed by atoms with van der Waals surface area (Å²) in [5, 5.41) is 3.62. The molecule has 0 amide bonds. The zero-order valence-electron chi connectivity index (χ0n) is 10.5. The van der Waals surface area contributed by atoms with Crippen molar-refractivity contribution in [1.82, 2.24) is 5.32 Å². The molecular weight excluding hydrogens is 278 g/mol. The van der Waals surface area contributed by atoms with Gasteiger partial charge < -0.3 is 9.73 Å². The Balaban J connectivity index is 1.99. The average molecular weight is 300 g/mol. The Morgan fingerprint density at radius 1 is 1.47 bits per heavy atom. The van der Waals surface area contributed by atoms with E-state index in [4.69, 9.17) is 4.42 Å². The van der Waals surface area contributed by atoms with E-state index >= 15 is 0 Å². The van der Waals surface area contributed by atoms with Crippen LogP contribution in [0.1, 0.15) is 57.3 Å². The summed E-state index contributed by atoms with van der Waals surface area (Å²) in [5.74, 6) is 1.95. The predicted molar refractivity (Wildman–Crippen MR) is 74.0 cm³/mol. The first-order valence-electron chi connectivity index (χ1n) is 6.77. The molecule has 2 nitrogen and oxygen atoms in total. The number of furan rings is 1. The maximum Gasteiger partial charge on any atom is 0.134 e. The Bertz CT molecular complexity index is 331. The highest BCUT2D eigenvalue weighted by Crippen LogP contribution is 2.35. The Labute approximate surface area is 112 Å². The largest absolute Gasteiger partial charge is 0.466 e. The van der Waals surface area contributed by atoms with Gasteiger partial charge in [-0.2, -0.15) is 0 Å². The van der Waals surface area contributed by atoms with E-state index in [0.717, 1.165) is 22.7 Å². The molecule has 1 aliphatic rings. The van der Waals surface area contributed by atoms with Crippen LogP contribution in [-0.2, 0) is 0 Å². The molecule has 0 bridgehead atoms. The summed E-state index contributed by atoms with van der Waals surface area (Å²) in [7, 11) is 0. The molecule has 0 radical (unpaired) electrons. The number of halogens is 1. The van der Waals surface area contributed by atoms with Crippen molar-refractivity contribution in [3.8, 4) is 0 Å². The molecule has 1 unspecified atom stereocenters. The first-order valence-corrected chi connectivity index (χ1v) is 7.56. The normalized spacial score (nSPS) is 18.7. The van der Waals surface area contributed by atoms with Crippen molar-refractivity contribution < 1.29 is 4.42 Å². The zero-order valence-corrected chi connectivity index (χ0v) is 12.1. The molecule has 2 rings (SSSR count). The fourth-order valence-corrected chi connectivity index (χ4v) is 3.21. The molecule has 1 atom stereocenters. The minimum absolute atomic E-state index is 0.377. The fraction of sp³-hybridized carbons (Fsp3) is 0.714. The van der Waals surface area contributed by atoms with Crippen molar-refractivity contribution in [2.45, 2.75) is 51.5 Å². The van der Waals surface area contributed by atoms with Crippen LogP contribution in [0.5, 0.6) is 0 Å². The lowest BCUT2D eigenvalue weighted by atomic mass is 9.97. The Morgan fingerprint density at radius 2 is 2.24 bits per heavy atom. The van der Waals surface area contributed by atoms with Gasteiger partial charge in [0.15, 0.2) is 0 Å². The molecule has 0 aliphatic heterocycles. The summed E-state index contributed by atoms with van der Waals surface area (Å²) >= 11 is 3.57. The number of hydrogen-bond acceptors (Lipinski definition) is 2. The summed E-state index contributed by atoms with van der Waals surface area (Å²) in [6.07, 6.45) is 9.75. The molecule has 1 aromatic rings. The third kappa shape index (κ3) is 3.59. The average Bonchev–Trinajstić information content (AvgIpc) is 2.95. The monoisotopic (exact) mass is 299 g/mol. The Kier molecular flexibility index (Phi) is 5.11. The van der Waals surface area contributed by atoms with E-state index in [1.165, 1.54) is 38.5 Å². The van der Waals surface area contributed by atoms with Crippen LogP contribution in [0.2, 0.25) is 0 Å². The molecule has 0 aromatic carbocycles. The van der Waals surface area contributed by atoms with Gasteiger partial charge in [0.2, 0.25) is 0 Å². The molecular formula is C14H22BrNO. The number of hydrogen-bond donors (Lipinski definition) is 1. The van der Waals surface area contributed by atoms with Crippen molar-refractivity contribution in [3.63, 3.8) is 0 Å². The summed E-state index contributed by atoms with van der Waals surface area (Å²) in [5.41, 5.74) is 0. The summed E-state index contributed by atoms with van der Waals surface area (Å²) in [4.78, 5) is 0. The van der Waals surface area contributed by atoms with E-state index in [-0.39, 0.29) is 0 Å². The third-order valence-electron chi connectivity index (χ3n) is 3.65. The minimum Gasteiger partial charge on any atom is -0.466 e. The lowest BCUT2D eigenvalue weighted by molar-refractivity contribution is 0.341. The van der Waals surface area contributed by atoms with E-state index in [2.05, 4.69) is 28.2 Å². The first-order chi connectivity index (χ1) is 8.31. The molecule has 1 saturated carbocycles. The van der Waals surface area contributed by atoms with Gasteiger partial charge in [-0.05, 0) is 47.3 Å². The van der Waals surface area contributed by atoms with E-state index < -0.39 is 0 Å². The highest BCUT2D eigenvalue weighted by molar-refractivity contribution is 9.10. The van der Waals surface area contributed by atoms with Crippen LogP contribution in [0, 0.1) is 5.92 Å². The molecule has 1 N–H and O–H groups in total. The second-order valence-electron chi connectivity index (χ2n) is 5.03. The van der Waals surface area contributed by atoms with Gasteiger partial charge >= 0.3 is 0 Å². The van der Waals surface area contributed by atoms with Gasteiger partial charge in [-0.1, -0.05) is 32.6 Å². The molecule has 3 heteroatoms. The zero-order chi connectivity index (χ0) is 12.1. The van der Waals surface area contributed by atoms with Crippen molar-refractivity contribution >= 4 is 15.9 Å². The molecule has 96 valence electrons. The molecule has 0 saturated heterocycles. The third-order valence-corrected chi connectivity index (χ3v) is 4.30. The molecule has 1 heterocycles. The van der Waals surface area contributed by atoms with Crippen LogP contribution in [0.4, 0.5) is 0 Å². The standard InChI is InChI=1S/C14H22BrNO/c1-2-8-16-13(10-11-5-3-4-6-11)14-12(15)7-9-17-14/h7,9,11,13,16H,2-6,8,10H2,1H3.